The topological polar surface area (TPSA) is 118 Å². The maximum atomic E-state index is 12.0. The third-order valence-corrected chi connectivity index (χ3v) is 3.95. The molecule has 0 atom stereocenters. The first-order chi connectivity index (χ1) is 11.2. The van der Waals surface area contributed by atoms with Crippen LogP contribution in [0.15, 0.2) is 30.5 Å². The molecule has 0 aliphatic rings. The van der Waals surface area contributed by atoms with Crippen molar-refractivity contribution in [2.75, 3.05) is 12.8 Å². The van der Waals surface area contributed by atoms with E-state index in [2.05, 4.69) is 0 Å². The molecule has 7 heteroatoms. The fourth-order valence-electron chi connectivity index (χ4n) is 2.28. The number of nitrogens with zero attached hydrogens (tertiary/aromatic N) is 2. The van der Waals surface area contributed by atoms with Gasteiger partial charge >= 0.3 is 11.9 Å². The summed E-state index contributed by atoms with van der Waals surface area (Å²) in [5.41, 5.74) is 6.23. The molecule has 0 unspecified atom stereocenters. The third-order valence-electron chi connectivity index (χ3n) is 3.95. The van der Waals surface area contributed by atoms with Crippen molar-refractivity contribution in [3.05, 3.63) is 47.3 Å². The number of ether oxygens (including phenoxy) is 1. The normalized spacial score (nSPS) is 10.9. The zero-order valence-corrected chi connectivity index (χ0v) is 13.5. The number of anilines is 1. The lowest BCUT2D eigenvalue weighted by Crippen LogP contribution is -2.28. The number of methoxy groups -OCH3 is 1. The van der Waals surface area contributed by atoms with Crippen molar-refractivity contribution < 1.29 is 19.4 Å². The second kappa shape index (κ2) is 6.08. The van der Waals surface area contributed by atoms with E-state index in [9.17, 15) is 14.7 Å². The second-order valence-electron chi connectivity index (χ2n) is 5.76. The zero-order chi connectivity index (χ0) is 18.1. The van der Waals surface area contributed by atoms with E-state index >= 15 is 0 Å². The molecule has 0 saturated carbocycles. The Morgan fingerprint density at radius 1 is 1.29 bits per heavy atom. The lowest BCUT2D eigenvalue weighted by molar-refractivity contribution is -0.142. The van der Waals surface area contributed by atoms with E-state index in [1.807, 2.05) is 6.07 Å². The van der Waals surface area contributed by atoms with E-state index in [-0.39, 0.29) is 16.9 Å². The summed E-state index contributed by atoms with van der Waals surface area (Å²) in [6, 6.07) is 8.56. The quantitative estimate of drug-likeness (QED) is 0.830. The van der Waals surface area contributed by atoms with Crippen molar-refractivity contribution in [3.63, 3.8) is 0 Å². The molecule has 0 fully saturated rings. The molecular weight excluding hydrogens is 310 g/mol. The number of carbonyl (C=O) groups excluding carboxylic acids is 1. The van der Waals surface area contributed by atoms with E-state index < -0.39 is 17.4 Å². The first kappa shape index (κ1) is 17.1. The van der Waals surface area contributed by atoms with Crippen molar-refractivity contribution in [3.8, 4) is 11.8 Å². The summed E-state index contributed by atoms with van der Waals surface area (Å²) in [6.07, 6.45) is 1.44. The number of benzene rings is 1. The predicted octanol–water partition coefficient (Wildman–Crippen LogP) is 2.08. The number of aromatic nitrogens is 1. The van der Waals surface area contributed by atoms with Crippen molar-refractivity contribution in [2.24, 2.45) is 0 Å². The van der Waals surface area contributed by atoms with Crippen LogP contribution in [0.2, 0.25) is 0 Å². The van der Waals surface area contributed by atoms with Gasteiger partial charge in [-0.3, -0.25) is 4.79 Å². The molecule has 0 aliphatic carbocycles. The number of nitrogen functional groups attached to an aromatic ring is 1. The average Bonchev–Trinajstić information content (AvgIpc) is 2.90. The van der Waals surface area contributed by atoms with Gasteiger partial charge in [-0.15, -0.1) is 0 Å². The van der Waals surface area contributed by atoms with Crippen LogP contribution in [0.3, 0.4) is 0 Å². The number of rotatable bonds is 4. The van der Waals surface area contributed by atoms with E-state index in [0.717, 1.165) is 0 Å². The minimum atomic E-state index is -1.04. The van der Waals surface area contributed by atoms with Gasteiger partial charge in [0.1, 0.15) is 6.07 Å². The highest BCUT2D eigenvalue weighted by Gasteiger charge is 2.29. The van der Waals surface area contributed by atoms with Gasteiger partial charge in [0.15, 0.2) is 5.69 Å². The Balaban J connectivity index is 2.56. The van der Waals surface area contributed by atoms with Crippen LogP contribution in [-0.2, 0) is 14.9 Å². The van der Waals surface area contributed by atoms with Crippen LogP contribution in [0.5, 0.6) is 0 Å². The van der Waals surface area contributed by atoms with Crippen LogP contribution in [0.4, 0.5) is 5.69 Å². The number of hydrogen-bond donors (Lipinski definition) is 2. The number of aliphatic carboxylic acids is 1. The molecular formula is C17H17N3O4. The molecule has 124 valence electrons. The summed E-state index contributed by atoms with van der Waals surface area (Å²) in [5.74, 6) is -1.61. The largest absolute Gasteiger partial charge is 0.481 e. The summed E-state index contributed by atoms with van der Waals surface area (Å²) in [7, 11) is 1.23. The van der Waals surface area contributed by atoms with E-state index in [0.29, 0.717) is 11.3 Å². The fraction of sp³-hybridized carbons (Fsp3) is 0.235. The highest BCUT2D eigenvalue weighted by molar-refractivity contribution is 5.96. The molecule has 0 radical (unpaired) electrons. The molecule has 0 saturated heterocycles. The van der Waals surface area contributed by atoms with Gasteiger partial charge in [0.05, 0.1) is 23.8 Å². The number of carbonyl (C=O) groups is 2. The summed E-state index contributed by atoms with van der Waals surface area (Å²) < 4.78 is 6.18. The van der Waals surface area contributed by atoms with Crippen LogP contribution in [0, 0.1) is 11.3 Å². The average molecular weight is 327 g/mol. The Hall–Kier alpha value is -3.27. The SMILES string of the molecule is COC(=O)c1c(N)c(C#N)cn1-c1ccc(C(C)(C)C(=O)O)cc1. The Bertz CT molecular complexity index is 842. The van der Waals surface area contributed by atoms with Crippen LogP contribution in [-0.4, -0.2) is 28.7 Å². The van der Waals surface area contributed by atoms with Gasteiger partial charge in [-0.25, -0.2) is 4.79 Å². The molecule has 2 aromatic rings. The van der Waals surface area contributed by atoms with Crippen LogP contribution >= 0.6 is 0 Å². The minimum Gasteiger partial charge on any atom is -0.481 e. The van der Waals surface area contributed by atoms with Crippen LogP contribution in [0.1, 0.15) is 35.5 Å². The van der Waals surface area contributed by atoms with Gasteiger partial charge in [0.2, 0.25) is 0 Å². The van der Waals surface area contributed by atoms with Crippen LogP contribution in [0.25, 0.3) is 5.69 Å². The first-order valence-electron chi connectivity index (χ1n) is 7.07. The molecule has 24 heavy (non-hydrogen) atoms. The van der Waals surface area contributed by atoms with Gasteiger partial charge < -0.3 is 20.1 Å². The Morgan fingerprint density at radius 3 is 2.33 bits per heavy atom. The number of nitriles is 1. The number of nitrogens with two attached hydrogens (primary N) is 1. The maximum Gasteiger partial charge on any atom is 0.357 e. The molecule has 0 bridgehead atoms. The van der Waals surface area contributed by atoms with Crippen molar-refractivity contribution in [2.45, 2.75) is 19.3 Å². The number of hydrogen-bond acceptors (Lipinski definition) is 5. The molecule has 0 aliphatic heterocycles. The number of carboxylic acid groups (broad SMARTS) is 1. The maximum absolute atomic E-state index is 12.0. The summed E-state index contributed by atoms with van der Waals surface area (Å²) in [5, 5.41) is 18.4. The van der Waals surface area contributed by atoms with Gasteiger partial charge in [-0.1, -0.05) is 12.1 Å². The molecule has 3 N–H and O–H groups in total. The van der Waals surface area contributed by atoms with E-state index in [4.69, 9.17) is 15.7 Å². The molecule has 0 spiro atoms. The monoisotopic (exact) mass is 327 g/mol. The smallest absolute Gasteiger partial charge is 0.357 e. The van der Waals surface area contributed by atoms with Crippen LogP contribution < -0.4 is 5.73 Å². The minimum absolute atomic E-state index is 0.0410. The zero-order valence-electron chi connectivity index (χ0n) is 13.5. The Morgan fingerprint density at radius 2 is 1.88 bits per heavy atom. The van der Waals surface area contributed by atoms with Gasteiger partial charge in [0.25, 0.3) is 0 Å². The summed E-state index contributed by atoms with van der Waals surface area (Å²) >= 11 is 0. The molecule has 1 heterocycles. The molecule has 7 nitrogen and oxygen atoms in total. The molecule has 1 aromatic heterocycles. The van der Waals surface area contributed by atoms with Gasteiger partial charge in [-0.2, -0.15) is 5.26 Å². The van der Waals surface area contributed by atoms with Crippen molar-refractivity contribution >= 4 is 17.6 Å². The first-order valence-corrected chi connectivity index (χ1v) is 7.07. The van der Waals surface area contributed by atoms with E-state index in [1.165, 1.54) is 17.9 Å². The second-order valence-corrected chi connectivity index (χ2v) is 5.76. The molecule has 2 rings (SSSR count). The van der Waals surface area contributed by atoms with Gasteiger partial charge in [0, 0.05) is 11.9 Å². The highest BCUT2D eigenvalue weighted by Crippen LogP contribution is 2.28. The summed E-state index contributed by atoms with van der Waals surface area (Å²) in [6.45, 7) is 3.21. The number of carboxylic acids is 1. The fourth-order valence-corrected chi connectivity index (χ4v) is 2.28. The van der Waals surface area contributed by atoms with Gasteiger partial charge in [-0.05, 0) is 31.5 Å². The standard InChI is InChI=1S/C17H17N3O4/c1-17(2,16(22)23)11-4-6-12(7-5-11)20-9-10(8-18)13(19)14(20)15(21)24-3/h4-7,9H,19H2,1-3H3,(H,22,23). The highest BCUT2D eigenvalue weighted by atomic mass is 16.5. The third kappa shape index (κ3) is 2.70. The van der Waals surface area contributed by atoms with Crippen molar-refractivity contribution in [1.82, 2.24) is 4.57 Å². The molecule has 0 amide bonds. The Kier molecular flexibility index (Phi) is 4.33. The summed E-state index contributed by atoms with van der Waals surface area (Å²) in [4.78, 5) is 23.3. The van der Waals surface area contributed by atoms with E-state index in [1.54, 1.807) is 38.1 Å². The Labute approximate surface area is 138 Å². The predicted molar refractivity (Wildman–Crippen MR) is 86.9 cm³/mol. The lowest BCUT2D eigenvalue weighted by Gasteiger charge is -2.20. The number of esters is 1. The molecule has 1 aromatic carbocycles. The lowest BCUT2D eigenvalue weighted by atomic mass is 9.85. The van der Waals surface area contributed by atoms with Crippen molar-refractivity contribution in [1.29, 1.82) is 5.26 Å².